The molecule has 1 heterocycles. The second-order valence-electron chi connectivity index (χ2n) is 7.26. The molecule has 0 unspecified atom stereocenters. The number of nitrogens with zero attached hydrogens (tertiary/aromatic N) is 2. The number of alkyl halides is 3. The van der Waals surface area contributed by atoms with Gasteiger partial charge in [-0.2, -0.15) is 0 Å². The molecule has 0 aliphatic carbocycles. The maximum atomic E-state index is 12.7. The highest BCUT2D eigenvalue weighted by Gasteiger charge is 2.20. The minimum atomic E-state index is -2.62. The van der Waals surface area contributed by atoms with Crippen molar-refractivity contribution in [2.75, 3.05) is 56.9 Å². The van der Waals surface area contributed by atoms with Crippen molar-refractivity contribution >= 4 is 28.9 Å². The van der Waals surface area contributed by atoms with Gasteiger partial charge in [0.25, 0.3) is 12.3 Å². The number of halogens is 4. The number of benzene rings is 2. The van der Waals surface area contributed by atoms with Crippen LogP contribution in [0.15, 0.2) is 36.4 Å². The standard InChI is InChI=1S/C22H26ClF2N3O3.CH3F/c1-2-27(14-29)9-10-28-8-7-15-11-17(4-5-19(15)28)26-21(30)13-31-20-6-3-16(22(24)25)12-18(20)23;1-2/h3-6,11-12,22,29H,2,7-10,13-14H2,1H3,(H,26,30);1H3. The first-order valence-electron chi connectivity index (χ1n) is 10.5. The number of aliphatic hydroxyl groups excluding tert-OH is 1. The number of nitrogens with one attached hydrogen (secondary N) is 1. The second-order valence-corrected chi connectivity index (χ2v) is 7.67. The molecule has 33 heavy (non-hydrogen) atoms. The Morgan fingerprint density at radius 3 is 2.67 bits per heavy atom. The number of ether oxygens (including phenoxy) is 1. The Morgan fingerprint density at radius 2 is 2.03 bits per heavy atom. The number of hydrogen-bond donors (Lipinski definition) is 2. The van der Waals surface area contributed by atoms with E-state index in [1.54, 1.807) is 0 Å². The Labute approximate surface area is 196 Å². The average molecular weight is 488 g/mol. The van der Waals surface area contributed by atoms with Crippen LogP contribution in [0.2, 0.25) is 5.02 Å². The Bertz CT molecular complexity index is 914. The summed E-state index contributed by atoms with van der Waals surface area (Å²) >= 11 is 5.95. The number of carbonyl (C=O) groups excluding carboxylic acids is 1. The molecule has 1 aliphatic heterocycles. The third-order valence-electron chi connectivity index (χ3n) is 5.26. The van der Waals surface area contributed by atoms with E-state index >= 15 is 0 Å². The summed E-state index contributed by atoms with van der Waals surface area (Å²) in [6, 6.07) is 9.44. The van der Waals surface area contributed by atoms with Crippen molar-refractivity contribution in [3.05, 3.63) is 52.5 Å². The van der Waals surface area contributed by atoms with Crippen LogP contribution in [0.1, 0.15) is 24.5 Å². The van der Waals surface area contributed by atoms with Gasteiger partial charge in [-0.1, -0.05) is 18.5 Å². The highest BCUT2D eigenvalue weighted by atomic mass is 35.5. The third-order valence-corrected chi connectivity index (χ3v) is 5.55. The molecular formula is C23H29ClF3N3O3. The zero-order valence-electron chi connectivity index (χ0n) is 18.7. The molecule has 3 rings (SSSR count). The Kier molecular flexibility index (Phi) is 10.8. The van der Waals surface area contributed by atoms with Crippen LogP contribution in [0.5, 0.6) is 5.75 Å². The van der Waals surface area contributed by atoms with Gasteiger partial charge in [-0.15, -0.1) is 0 Å². The van der Waals surface area contributed by atoms with Crippen LogP contribution in [0.3, 0.4) is 0 Å². The first-order valence-corrected chi connectivity index (χ1v) is 10.9. The monoisotopic (exact) mass is 487 g/mol. The quantitative estimate of drug-likeness (QED) is 0.483. The van der Waals surface area contributed by atoms with Gasteiger partial charge in [-0.05, 0) is 54.9 Å². The molecule has 10 heteroatoms. The van der Waals surface area contributed by atoms with Crippen molar-refractivity contribution in [3.63, 3.8) is 0 Å². The molecular weight excluding hydrogens is 459 g/mol. The van der Waals surface area contributed by atoms with Crippen molar-refractivity contribution in [2.24, 2.45) is 0 Å². The van der Waals surface area contributed by atoms with Crippen molar-refractivity contribution in [1.29, 1.82) is 0 Å². The molecule has 0 saturated heterocycles. The summed E-state index contributed by atoms with van der Waals surface area (Å²) in [5, 5.41) is 12.1. The fourth-order valence-electron chi connectivity index (χ4n) is 3.48. The SMILES string of the molecule is CCN(CO)CCN1CCc2cc(NC(=O)COc3ccc(C(F)F)cc3Cl)ccc21.CF. The minimum Gasteiger partial charge on any atom is -0.482 e. The molecule has 0 saturated carbocycles. The second kappa shape index (κ2) is 13.3. The lowest BCUT2D eigenvalue weighted by Gasteiger charge is -2.24. The summed E-state index contributed by atoms with van der Waals surface area (Å²) in [6.07, 6.45) is -1.74. The predicted octanol–water partition coefficient (Wildman–Crippen LogP) is 4.52. The fourth-order valence-corrected chi connectivity index (χ4v) is 3.72. The molecule has 2 aromatic rings. The third kappa shape index (κ3) is 7.52. The zero-order chi connectivity index (χ0) is 24.4. The highest BCUT2D eigenvalue weighted by Crippen LogP contribution is 2.31. The Morgan fingerprint density at radius 1 is 1.27 bits per heavy atom. The molecule has 6 nitrogen and oxygen atoms in total. The zero-order valence-corrected chi connectivity index (χ0v) is 19.4. The van der Waals surface area contributed by atoms with E-state index < -0.39 is 6.43 Å². The van der Waals surface area contributed by atoms with E-state index in [1.165, 1.54) is 12.1 Å². The summed E-state index contributed by atoms with van der Waals surface area (Å²) in [6.45, 7) is 5.07. The summed E-state index contributed by atoms with van der Waals surface area (Å²) in [7, 11) is 0.500. The molecule has 0 bridgehead atoms. The normalized spacial score (nSPS) is 12.5. The summed E-state index contributed by atoms with van der Waals surface area (Å²) in [4.78, 5) is 16.5. The number of hydrogen-bond acceptors (Lipinski definition) is 5. The molecule has 0 aromatic heterocycles. The Hall–Kier alpha value is -2.49. The predicted molar refractivity (Wildman–Crippen MR) is 124 cm³/mol. The van der Waals surface area contributed by atoms with Gasteiger partial charge in [0.2, 0.25) is 0 Å². The molecule has 2 N–H and O–H groups in total. The van der Waals surface area contributed by atoms with E-state index in [1.807, 2.05) is 30.0 Å². The van der Waals surface area contributed by atoms with Gasteiger partial charge in [0.1, 0.15) is 5.75 Å². The number of amides is 1. The van der Waals surface area contributed by atoms with Crippen molar-refractivity contribution in [2.45, 2.75) is 19.8 Å². The van der Waals surface area contributed by atoms with Gasteiger partial charge in [0, 0.05) is 36.6 Å². The number of rotatable bonds is 10. The van der Waals surface area contributed by atoms with Crippen LogP contribution < -0.4 is 15.0 Å². The summed E-state index contributed by atoms with van der Waals surface area (Å²) < 4.78 is 40.2. The molecule has 1 aliphatic rings. The van der Waals surface area contributed by atoms with Crippen molar-refractivity contribution in [3.8, 4) is 5.75 Å². The van der Waals surface area contributed by atoms with Crippen LogP contribution in [0.4, 0.5) is 24.5 Å². The van der Waals surface area contributed by atoms with Gasteiger partial charge < -0.3 is 20.1 Å². The van der Waals surface area contributed by atoms with Crippen molar-refractivity contribution < 1.29 is 27.8 Å². The van der Waals surface area contributed by atoms with Crippen LogP contribution in [-0.2, 0) is 11.2 Å². The largest absolute Gasteiger partial charge is 0.482 e. The van der Waals surface area contributed by atoms with E-state index in [4.69, 9.17) is 16.3 Å². The van der Waals surface area contributed by atoms with E-state index in [-0.39, 0.29) is 35.6 Å². The average Bonchev–Trinajstić information content (AvgIpc) is 3.22. The topological polar surface area (TPSA) is 65.0 Å². The molecule has 1 amide bonds. The van der Waals surface area contributed by atoms with Gasteiger partial charge in [0.05, 0.1) is 18.9 Å². The molecule has 0 radical (unpaired) electrons. The van der Waals surface area contributed by atoms with E-state index in [0.29, 0.717) is 12.9 Å². The van der Waals surface area contributed by atoms with Gasteiger partial charge in [-0.25, -0.2) is 8.78 Å². The van der Waals surface area contributed by atoms with Gasteiger partial charge >= 0.3 is 0 Å². The number of carbonyl (C=O) groups is 1. The Balaban J connectivity index is 0.00000187. The number of aliphatic hydroxyl groups is 1. The summed E-state index contributed by atoms with van der Waals surface area (Å²) in [5.74, 6) is -0.194. The first kappa shape index (κ1) is 26.8. The minimum absolute atomic E-state index is 0.0334. The molecule has 182 valence electrons. The number of likely N-dealkylation sites (N-methyl/N-ethyl adjacent to an activating group) is 1. The van der Waals surface area contributed by atoms with Crippen LogP contribution >= 0.6 is 11.6 Å². The number of fused-ring (bicyclic) bond motifs is 1. The number of anilines is 2. The van der Waals surface area contributed by atoms with Crippen molar-refractivity contribution in [1.82, 2.24) is 4.90 Å². The maximum Gasteiger partial charge on any atom is 0.263 e. The van der Waals surface area contributed by atoms with Gasteiger partial charge in [-0.3, -0.25) is 14.1 Å². The lowest BCUT2D eigenvalue weighted by atomic mass is 10.1. The first-order chi connectivity index (χ1) is 15.9. The van der Waals surface area contributed by atoms with Crippen LogP contribution in [0, 0.1) is 0 Å². The molecule has 0 atom stereocenters. The molecule has 0 fully saturated rings. The van der Waals surface area contributed by atoms with Gasteiger partial charge in [0.15, 0.2) is 6.61 Å². The lowest BCUT2D eigenvalue weighted by Crippen LogP contribution is -2.34. The van der Waals surface area contributed by atoms with E-state index in [2.05, 4.69) is 10.2 Å². The molecule has 2 aromatic carbocycles. The highest BCUT2D eigenvalue weighted by molar-refractivity contribution is 6.32. The van der Waals surface area contributed by atoms with Crippen LogP contribution in [-0.4, -0.2) is 62.6 Å². The maximum absolute atomic E-state index is 12.7. The smallest absolute Gasteiger partial charge is 0.263 e. The van der Waals surface area contributed by atoms with E-state index in [0.717, 1.165) is 49.9 Å². The lowest BCUT2D eigenvalue weighted by molar-refractivity contribution is -0.118. The summed E-state index contributed by atoms with van der Waals surface area (Å²) in [5.41, 5.74) is 2.75. The van der Waals surface area contributed by atoms with Crippen LogP contribution in [0.25, 0.3) is 0 Å². The fraction of sp³-hybridized carbons (Fsp3) is 0.435. The molecule has 0 spiro atoms. The van der Waals surface area contributed by atoms with E-state index in [9.17, 15) is 23.1 Å².